The van der Waals surface area contributed by atoms with Crippen molar-refractivity contribution in [2.45, 2.75) is 33.6 Å². The van der Waals surface area contributed by atoms with Gasteiger partial charge >= 0.3 is 5.97 Å². The van der Waals surface area contributed by atoms with E-state index in [-0.39, 0.29) is 17.6 Å². The largest absolute Gasteiger partial charge is 0.481 e. The number of hydrogen-bond donors (Lipinski definition) is 1. The molecule has 0 unspecified atom stereocenters. The highest BCUT2D eigenvalue weighted by Gasteiger charge is 2.63. The van der Waals surface area contributed by atoms with Crippen molar-refractivity contribution < 1.29 is 14.7 Å². The van der Waals surface area contributed by atoms with Crippen molar-refractivity contribution in [3.8, 4) is 0 Å². The van der Waals surface area contributed by atoms with Gasteiger partial charge in [-0.15, -0.1) is 0 Å². The van der Waals surface area contributed by atoms with E-state index in [4.69, 9.17) is 5.11 Å². The van der Waals surface area contributed by atoms with Gasteiger partial charge in [-0.3, -0.25) is 4.79 Å². The highest BCUT2D eigenvalue weighted by molar-refractivity contribution is 5.79. The van der Waals surface area contributed by atoms with Gasteiger partial charge < -0.3 is 9.90 Å². The van der Waals surface area contributed by atoms with E-state index in [9.17, 15) is 9.59 Å². The van der Waals surface area contributed by atoms with Gasteiger partial charge in [-0.2, -0.15) is 0 Å². The molecule has 3 heteroatoms. The van der Waals surface area contributed by atoms with E-state index < -0.39 is 11.4 Å². The van der Waals surface area contributed by atoms with Crippen molar-refractivity contribution >= 4 is 11.8 Å². The first-order chi connectivity index (χ1) is 5.90. The Morgan fingerprint density at radius 1 is 1.46 bits per heavy atom. The van der Waals surface area contributed by atoms with Crippen LogP contribution in [0.15, 0.2) is 0 Å². The number of aliphatic carboxylic acids is 1. The molecule has 1 fully saturated rings. The molecule has 0 heterocycles. The van der Waals surface area contributed by atoms with Gasteiger partial charge in [-0.25, -0.2) is 0 Å². The smallest absolute Gasteiger partial charge is 0.309 e. The summed E-state index contributed by atoms with van der Waals surface area (Å²) in [6.45, 7) is 5.26. The Bertz CT molecular complexity index is 247. The molecular weight excluding hydrogens is 168 g/mol. The predicted octanol–water partition coefficient (Wildman–Crippen LogP) is 1.71. The molecule has 1 saturated carbocycles. The first-order valence-corrected chi connectivity index (χ1v) is 4.63. The van der Waals surface area contributed by atoms with E-state index in [1.807, 2.05) is 6.92 Å². The van der Waals surface area contributed by atoms with Crippen molar-refractivity contribution in [2.24, 2.45) is 17.3 Å². The van der Waals surface area contributed by atoms with Crippen LogP contribution in [-0.2, 0) is 9.59 Å². The van der Waals surface area contributed by atoms with E-state index in [2.05, 4.69) is 0 Å². The lowest BCUT2D eigenvalue weighted by Crippen LogP contribution is -2.14. The zero-order valence-corrected chi connectivity index (χ0v) is 8.33. The number of hydrogen-bond acceptors (Lipinski definition) is 2. The van der Waals surface area contributed by atoms with Crippen molar-refractivity contribution in [2.75, 3.05) is 0 Å². The van der Waals surface area contributed by atoms with Gasteiger partial charge in [0.1, 0.15) is 5.78 Å². The van der Waals surface area contributed by atoms with Gasteiger partial charge in [0.25, 0.3) is 0 Å². The third-order valence-electron chi connectivity index (χ3n) is 3.48. The summed E-state index contributed by atoms with van der Waals surface area (Å²) in [5.74, 6) is -0.182. The fourth-order valence-electron chi connectivity index (χ4n) is 2.10. The van der Waals surface area contributed by atoms with Crippen LogP contribution in [0, 0.1) is 17.3 Å². The van der Waals surface area contributed by atoms with Crippen LogP contribution in [0.1, 0.15) is 33.6 Å². The molecule has 3 nitrogen and oxygen atoms in total. The van der Waals surface area contributed by atoms with Crippen LogP contribution in [-0.4, -0.2) is 16.9 Å². The van der Waals surface area contributed by atoms with Crippen LogP contribution in [0.2, 0.25) is 0 Å². The molecule has 1 N–H and O–H groups in total. The average Bonchev–Trinajstić information content (AvgIpc) is 2.53. The number of carboxylic acid groups (broad SMARTS) is 1. The number of carboxylic acids is 1. The number of ketones is 1. The average molecular weight is 184 g/mol. The monoisotopic (exact) mass is 184 g/mol. The first-order valence-electron chi connectivity index (χ1n) is 4.63. The van der Waals surface area contributed by atoms with Crippen LogP contribution >= 0.6 is 0 Å². The minimum Gasteiger partial charge on any atom is -0.481 e. The molecule has 0 spiro atoms. The molecule has 0 radical (unpaired) electrons. The summed E-state index contributed by atoms with van der Waals surface area (Å²) in [6, 6.07) is 0. The molecule has 3 atom stereocenters. The summed E-state index contributed by atoms with van der Waals surface area (Å²) in [7, 11) is 0. The molecule has 13 heavy (non-hydrogen) atoms. The summed E-state index contributed by atoms with van der Waals surface area (Å²) in [4.78, 5) is 21.6. The van der Waals surface area contributed by atoms with Crippen molar-refractivity contribution in [3.63, 3.8) is 0 Å². The Labute approximate surface area is 78.1 Å². The van der Waals surface area contributed by atoms with Crippen LogP contribution in [0.25, 0.3) is 0 Å². The summed E-state index contributed by atoms with van der Waals surface area (Å²) >= 11 is 0. The number of carbonyl (C=O) groups is 2. The fraction of sp³-hybridized carbons (Fsp3) is 0.800. The van der Waals surface area contributed by atoms with E-state index in [0.29, 0.717) is 6.42 Å². The molecule has 0 aromatic carbocycles. The maximum absolute atomic E-state index is 10.9. The Morgan fingerprint density at radius 3 is 2.31 bits per heavy atom. The maximum atomic E-state index is 10.9. The Kier molecular flexibility index (Phi) is 2.46. The fourth-order valence-corrected chi connectivity index (χ4v) is 2.10. The Morgan fingerprint density at radius 2 is 2.00 bits per heavy atom. The topological polar surface area (TPSA) is 54.4 Å². The van der Waals surface area contributed by atoms with E-state index in [0.717, 1.165) is 6.42 Å². The van der Waals surface area contributed by atoms with Crippen LogP contribution < -0.4 is 0 Å². The van der Waals surface area contributed by atoms with Gasteiger partial charge in [0.15, 0.2) is 0 Å². The van der Waals surface area contributed by atoms with E-state index in [1.165, 1.54) is 0 Å². The highest BCUT2D eigenvalue weighted by Crippen LogP contribution is 2.60. The van der Waals surface area contributed by atoms with E-state index >= 15 is 0 Å². The Balaban J connectivity index is 2.48. The van der Waals surface area contributed by atoms with Crippen molar-refractivity contribution in [1.82, 2.24) is 0 Å². The SMILES string of the molecule is CC(=O)CC[C@H]1[C@@H](C)[C@]1(C)C(=O)O. The second kappa shape index (κ2) is 3.13. The molecule has 0 amide bonds. The normalized spacial score (nSPS) is 37.2. The zero-order chi connectivity index (χ0) is 10.2. The standard InChI is InChI=1S/C10H16O3/c1-6(11)4-5-8-7(2)10(8,3)9(12)13/h7-8H,4-5H2,1-3H3,(H,12,13)/t7-,8+,10+/m1/s1. The number of carbonyl (C=O) groups excluding carboxylic acids is 1. The van der Waals surface area contributed by atoms with Gasteiger partial charge in [0.05, 0.1) is 5.41 Å². The quantitative estimate of drug-likeness (QED) is 0.723. The molecule has 0 saturated heterocycles. The second-order valence-electron chi connectivity index (χ2n) is 4.22. The van der Waals surface area contributed by atoms with Crippen molar-refractivity contribution in [1.29, 1.82) is 0 Å². The number of Topliss-reactive ketones (excluding diaryl/α,β-unsaturated/α-hetero) is 1. The number of rotatable bonds is 4. The third-order valence-corrected chi connectivity index (χ3v) is 3.48. The molecule has 1 aliphatic carbocycles. The Hall–Kier alpha value is -0.860. The zero-order valence-electron chi connectivity index (χ0n) is 8.33. The van der Waals surface area contributed by atoms with Gasteiger partial charge in [0, 0.05) is 6.42 Å². The second-order valence-corrected chi connectivity index (χ2v) is 4.22. The van der Waals surface area contributed by atoms with Gasteiger partial charge in [-0.05, 0) is 32.1 Å². The molecule has 1 aliphatic rings. The summed E-state index contributed by atoms with van der Waals surface area (Å²) in [5.41, 5.74) is -0.574. The minimum atomic E-state index is -0.728. The molecule has 0 bridgehead atoms. The van der Waals surface area contributed by atoms with Crippen molar-refractivity contribution in [3.05, 3.63) is 0 Å². The highest BCUT2D eigenvalue weighted by atomic mass is 16.4. The molecule has 0 aliphatic heterocycles. The lowest BCUT2D eigenvalue weighted by molar-refractivity contribution is -0.143. The lowest BCUT2D eigenvalue weighted by Gasteiger charge is -2.03. The molecule has 74 valence electrons. The van der Waals surface area contributed by atoms with Crippen LogP contribution in [0.4, 0.5) is 0 Å². The third kappa shape index (κ3) is 1.60. The van der Waals surface area contributed by atoms with Crippen LogP contribution in [0.3, 0.4) is 0 Å². The van der Waals surface area contributed by atoms with Gasteiger partial charge in [0.2, 0.25) is 0 Å². The summed E-state index contributed by atoms with van der Waals surface area (Å²) in [6.07, 6.45) is 1.23. The molecule has 1 rings (SSSR count). The van der Waals surface area contributed by atoms with Gasteiger partial charge in [-0.1, -0.05) is 6.92 Å². The molecule has 0 aromatic rings. The summed E-state index contributed by atoms with van der Waals surface area (Å²) in [5, 5.41) is 8.93. The first kappa shape index (κ1) is 10.2. The molecule has 0 aromatic heterocycles. The molecular formula is C10H16O3. The maximum Gasteiger partial charge on any atom is 0.309 e. The predicted molar refractivity (Wildman–Crippen MR) is 48.3 cm³/mol. The van der Waals surface area contributed by atoms with Crippen LogP contribution in [0.5, 0.6) is 0 Å². The summed E-state index contributed by atoms with van der Waals surface area (Å²) < 4.78 is 0. The van der Waals surface area contributed by atoms with E-state index in [1.54, 1.807) is 13.8 Å². The minimum absolute atomic E-state index is 0.145. The lowest BCUT2D eigenvalue weighted by atomic mass is 10.0.